The third-order valence-corrected chi connectivity index (χ3v) is 4.20. The van der Waals surface area contributed by atoms with Crippen LogP contribution in [-0.4, -0.2) is 54.0 Å². The molecule has 0 unspecified atom stereocenters. The molecule has 3 rings (SSSR count). The van der Waals surface area contributed by atoms with Gasteiger partial charge < -0.3 is 15.1 Å². The average molecular weight is 325 g/mol. The quantitative estimate of drug-likeness (QED) is 0.621. The Morgan fingerprint density at radius 3 is 2.62 bits per heavy atom. The first-order valence-electron chi connectivity index (χ1n) is 8.40. The molecule has 2 aromatic rings. The van der Waals surface area contributed by atoms with Gasteiger partial charge in [0.15, 0.2) is 0 Å². The molecule has 1 aromatic heterocycles. The molecule has 1 aliphatic rings. The Bertz CT molecular complexity index is 641. The number of nitrogens with zero attached hydrogens (tertiary/aromatic N) is 4. The highest BCUT2D eigenvalue weighted by molar-refractivity contribution is 5.49. The number of anilines is 2. The number of carbonyl (C=O) groups excluding carboxylic acids is 1. The molecule has 6 heteroatoms. The summed E-state index contributed by atoms with van der Waals surface area (Å²) in [4.78, 5) is 23.6. The van der Waals surface area contributed by atoms with E-state index in [9.17, 15) is 4.79 Å². The Labute approximate surface area is 142 Å². The number of nitrogens with one attached hydrogen (secondary N) is 1. The van der Waals surface area contributed by atoms with Gasteiger partial charge in [-0.1, -0.05) is 30.3 Å². The fourth-order valence-corrected chi connectivity index (χ4v) is 2.80. The van der Waals surface area contributed by atoms with E-state index in [1.165, 1.54) is 5.56 Å². The number of aryl methyl sites for hydroxylation is 1. The maximum absolute atomic E-state index is 10.8. The van der Waals surface area contributed by atoms with Gasteiger partial charge in [0.1, 0.15) is 5.82 Å². The van der Waals surface area contributed by atoms with Gasteiger partial charge in [0.2, 0.25) is 12.4 Å². The first-order valence-corrected chi connectivity index (χ1v) is 8.40. The lowest BCUT2D eigenvalue weighted by molar-refractivity contribution is -0.118. The molecule has 1 N–H and O–H groups in total. The second-order valence-corrected chi connectivity index (χ2v) is 5.88. The third-order valence-electron chi connectivity index (χ3n) is 4.20. The van der Waals surface area contributed by atoms with E-state index in [1.54, 1.807) is 11.1 Å². The molecule has 1 amide bonds. The van der Waals surface area contributed by atoms with Gasteiger partial charge in [0.05, 0.1) is 0 Å². The summed E-state index contributed by atoms with van der Waals surface area (Å²) in [5.41, 5.74) is 1.35. The molecule has 6 nitrogen and oxygen atoms in total. The highest BCUT2D eigenvalue weighted by atomic mass is 16.1. The first-order chi connectivity index (χ1) is 11.8. The van der Waals surface area contributed by atoms with Crippen LogP contribution in [0.3, 0.4) is 0 Å². The van der Waals surface area contributed by atoms with Gasteiger partial charge in [-0.2, -0.15) is 4.98 Å². The maximum Gasteiger partial charge on any atom is 0.224 e. The normalized spacial score (nSPS) is 14.5. The number of aromatic nitrogens is 2. The topological polar surface area (TPSA) is 61.4 Å². The predicted octanol–water partition coefficient (Wildman–Crippen LogP) is 1.80. The maximum atomic E-state index is 10.8. The minimum Gasteiger partial charge on any atom is -0.354 e. The van der Waals surface area contributed by atoms with Gasteiger partial charge in [0.25, 0.3) is 0 Å². The summed E-state index contributed by atoms with van der Waals surface area (Å²) < 4.78 is 0. The van der Waals surface area contributed by atoms with E-state index in [2.05, 4.69) is 44.5 Å². The number of hydrogen-bond acceptors (Lipinski definition) is 5. The smallest absolute Gasteiger partial charge is 0.224 e. The summed E-state index contributed by atoms with van der Waals surface area (Å²) in [5, 5.41) is 3.30. The largest absolute Gasteiger partial charge is 0.354 e. The Kier molecular flexibility index (Phi) is 5.61. The molecule has 126 valence electrons. The highest BCUT2D eigenvalue weighted by Crippen LogP contribution is 2.14. The van der Waals surface area contributed by atoms with E-state index in [0.29, 0.717) is 5.95 Å². The predicted molar refractivity (Wildman–Crippen MR) is 95.1 cm³/mol. The van der Waals surface area contributed by atoms with Crippen LogP contribution in [0.4, 0.5) is 11.8 Å². The van der Waals surface area contributed by atoms with E-state index in [1.807, 2.05) is 12.1 Å². The van der Waals surface area contributed by atoms with Crippen molar-refractivity contribution in [2.75, 3.05) is 42.9 Å². The zero-order valence-electron chi connectivity index (χ0n) is 13.8. The van der Waals surface area contributed by atoms with Crippen LogP contribution in [0, 0.1) is 0 Å². The molecule has 1 saturated heterocycles. The summed E-state index contributed by atoms with van der Waals surface area (Å²) in [6.07, 6.45) is 4.78. The van der Waals surface area contributed by atoms with Crippen LogP contribution in [0.15, 0.2) is 42.6 Å². The minimum absolute atomic E-state index is 0.665. The van der Waals surface area contributed by atoms with Crippen LogP contribution in [0.5, 0.6) is 0 Å². The Morgan fingerprint density at radius 1 is 1.08 bits per heavy atom. The molecule has 1 aromatic carbocycles. The molecule has 0 spiro atoms. The third kappa shape index (κ3) is 4.44. The molecule has 1 aliphatic heterocycles. The summed E-state index contributed by atoms with van der Waals surface area (Å²) in [7, 11) is 0. The van der Waals surface area contributed by atoms with Crippen LogP contribution in [0.2, 0.25) is 0 Å². The van der Waals surface area contributed by atoms with Crippen LogP contribution in [-0.2, 0) is 11.2 Å². The van der Waals surface area contributed by atoms with Crippen molar-refractivity contribution < 1.29 is 4.79 Å². The van der Waals surface area contributed by atoms with Crippen molar-refractivity contribution in [2.24, 2.45) is 0 Å². The number of piperazine rings is 1. The minimum atomic E-state index is 0.665. The van der Waals surface area contributed by atoms with Crippen molar-refractivity contribution in [1.29, 1.82) is 0 Å². The zero-order valence-corrected chi connectivity index (χ0v) is 13.8. The molecule has 1 fully saturated rings. The summed E-state index contributed by atoms with van der Waals surface area (Å²) in [6, 6.07) is 12.4. The lowest BCUT2D eigenvalue weighted by atomic mass is 10.1. The van der Waals surface area contributed by atoms with Crippen LogP contribution in [0.1, 0.15) is 12.0 Å². The van der Waals surface area contributed by atoms with Gasteiger partial charge in [-0.15, -0.1) is 0 Å². The molecule has 2 heterocycles. The lowest BCUT2D eigenvalue weighted by Crippen LogP contribution is -2.46. The van der Waals surface area contributed by atoms with Gasteiger partial charge in [-0.25, -0.2) is 4.98 Å². The van der Waals surface area contributed by atoms with Gasteiger partial charge in [-0.05, 0) is 24.5 Å². The van der Waals surface area contributed by atoms with Crippen LogP contribution in [0.25, 0.3) is 0 Å². The monoisotopic (exact) mass is 325 g/mol. The highest BCUT2D eigenvalue weighted by Gasteiger charge is 2.16. The number of carbonyl (C=O) groups is 1. The SMILES string of the molecule is O=CN1CCN(c2ccnc(NCCCc3ccccc3)n2)CC1. The lowest BCUT2D eigenvalue weighted by Gasteiger charge is -2.33. The van der Waals surface area contributed by atoms with Gasteiger partial charge in [0, 0.05) is 38.9 Å². The van der Waals surface area contributed by atoms with Crippen molar-refractivity contribution in [2.45, 2.75) is 12.8 Å². The zero-order chi connectivity index (χ0) is 16.6. The Balaban J connectivity index is 1.47. The van der Waals surface area contributed by atoms with E-state index in [4.69, 9.17) is 0 Å². The number of amides is 1. The van der Waals surface area contributed by atoms with Gasteiger partial charge >= 0.3 is 0 Å². The number of rotatable bonds is 7. The molecule has 0 aliphatic carbocycles. The summed E-state index contributed by atoms with van der Waals surface area (Å²) in [6.45, 7) is 3.95. The van der Waals surface area contributed by atoms with Crippen molar-refractivity contribution in [3.05, 3.63) is 48.2 Å². The van der Waals surface area contributed by atoms with Crippen LogP contribution < -0.4 is 10.2 Å². The first kappa shape index (κ1) is 16.2. The van der Waals surface area contributed by atoms with E-state index < -0.39 is 0 Å². The van der Waals surface area contributed by atoms with Crippen molar-refractivity contribution >= 4 is 18.2 Å². The fourth-order valence-electron chi connectivity index (χ4n) is 2.80. The second kappa shape index (κ2) is 8.29. The molecular formula is C18H23N5O. The van der Waals surface area contributed by atoms with E-state index in [0.717, 1.165) is 57.8 Å². The summed E-state index contributed by atoms with van der Waals surface area (Å²) >= 11 is 0. The van der Waals surface area contributed by atoms with Crippen molar-refractivity contribution in [1.82, 2.24) is 14.9 Å². The number of hydrogen-bond donors (Lipinski definition) is 1. The standard InChI is InChI=1S/C18H23N5O/c24-15-22-11-13-23(14-12-22)17-8-10-20-18(21-17)19-9-4-7-16-5-2-1-3-6-16/h1-3,5-6,8,10,15H,4,7,9,11-14H2,(H,19,20,21). The average Bonchev–Trinajstić information content (AvgIpc) is 2.66. The second-order valence-electron chi connectivity index (χ2n) is 5.88. The molecule has 0 saturated carbocycles. The Hall–Kier alpha value is -2.63. The van der Waals surface area contributed by atoms with E-state index >= 15 is 0 Å². The van der Waals surface area contributed by atoms with Crippen LogP contribution >= 0.6 is 0 Å². The van der Waals surface area contributed by atoms with Crippen molar-refractivity contribution in [3.8, 4) is 0 Å². The number of benzene rings is 1. The molecule has 0 atom stereocenters. The fraction of sp³-hybridized carbons (Fsp3) is 0.389. The summed E-state index contributed by atoms with van der Waals surface area (Å²) in [5.74, 6) is 1.58. The Morgan fingerprint density at radius 2 is 1.88 bits per heavy atom. The molecule has 0 radical (unpaired) electrons. The molecular weight excluding hydrogens is 302 g/mol. The van der Waals surface area contributed by atoms with Crippen molar-refractivity contribution in [3.63, 3.8) is 0 Å². The molecule has 24 heavy (non-hydrogen) atoms. The van der Waals surface area contributed by atoms with E-state index in [-0.39, 0.29) is 0 Å². The molecule has 0 bridgehead atoms. The van der Waals surface area contributed by atoms with Gasteiger partial charge in [-0.3, -0.25) is 4.79 Å².